The third-order valence-electron chi connectivity index (χ3n) is 5.16. The van der Waals surface area contributed by atoms with Crippen LogP contribution in [-0.2, 0) is 11.2 Å². The first-order valence-corrected chi connectivity index (χ1v) is 9.23. The Labute approximate surface area is 157 Å². The molecule has 3 aromatic rings. The summed E-state index contributed by atoms with van der Waals surface area (Å²) in [7, 11) is 0. The molecule has 0 saturated carbocycles. The van der Waals surface area contributed by atoms with Crippen molar-refractivity contribution in [1.82, 2.24) is 4.98 Å². The average Bonchev–Trinajstić information content (AvgIpc) is 2.72. The molecule has 1 aromatic heterocycles. The van der Waals surface area contributed by atoms with E-state index in [2.05, 4.69) is 22.0 Å². The molecule has 0 unspecified atom stereocenters. The highest BCUT2D eigenvalue weighted by atomic mass is 16.5. The van der Waals surface area contributed by atoms with Gasteiger partial charge in [-0.1, -0.05) is 30.3 Å². The highest BCUT2D eigenvalue weighted by Crippen LogP contribution is 2.42. The quantitative estimate of drug-likeness (QED) is 0.594. The van der Waals surface area contributed by atoms with E-state index in [1.54, 1.807) is 6.07 Å². The van der Waals surface area contributed by atoms with Crippen LogP contribution in [0.3, 0.4) is 0 Å². The molecule has 2 aliphatic rings. The Kier molecular flexibility index (Phi) is 3.94. The van der Waals surface area contributed by atoms with Gasteiger partial charge in [-0.15, -0.1) is 0 Å². The molecule has 0 aliphatic carbocycles. The van der Waals surface area contributed by atoms with Crippen molar-refractivity contribution in [1.29, 1.82) is 0 Å². The van der Waals surface area contributed by atoms with Gasteiger partial charge in [0, 0.05) is 36.8 Å². The number of anilines is 1. The summed E-state index contributed by atoms with van der Waals surface area (Å²) in [5, 5.41) is 0. The zero-order valence-corrected chi connectivity index (χ0v) is 14.9. The van der Waals surface area contributed by atoms with Gasteiger partial charge in [-0.25, -0.2) is 0 Å². The smallest absolute Gasteiger partial charge is 0.250 e. The van der Waals surface area contributed by atoms with Crippen molar-refractivity contribution >= 4 is 5.69 Å². The van der Waals surface area contributed by atoms with Gasteiger partial charge in [-0.3, -0.25) is 4.79 Å². The van der Waals surface area contributed by atoms with Crippen LogP contribution in [0.2, 0.25) is 0 Å². The van der Waals surface area contributed by atoms with Crippen LogP contribution in [0.4, 0.5) is 5.69 Å². The summed E-state index contributed by atoms with van der Waals surface area (Å²) in [6.45, 7) is 2.95. The number of hydrogen-bond acceptors (Lipinski definition) is 4. The van der Waals surface area contributed by atoms with E-state index in [9.17, 15) is 4.79 Å². The molecule has 136 valence electrons. The Hall–Kier alpha value is -3.05. The SMILES string of the molecule is O=c1cc(N2CCOCC2)cc(-c2cccc3c2Oc2ccccc2C3)[nH]1. The molecule has 0 radical (unpaired) electrons. The Balaban J connectivity index is 1.58. The predicted molar refractivity (Wildman–Crippen MR) is 105 cm³/mol. The van der Waals surface area contributed by atoms with Crippen molar-refractivity contribution in [3.8, 4) is 22.8 Å². The molecule has 0 bridgehead atoms. The monoisotopic (exact) mass is 360 g/mol. The largest absolute Gasteiger partial charge is 0.456 e. The molecular formula is C22H20N2O3. The highest BCUT2D eigenvalue weighted by Gasteiger charge is 2.21. The van der Waals surface area contributed by atoms with Crippen molar-refractivity contribution in [2.75, 3.05) is 31.2 Å². The number of hydrogen-bond donors (Lipinski definition) is 1. The molecule has 5 heteroatoms. The van der Waals surface area contributed by atoms with Gasteiger partial charge in [0.1, 0.15) is 11.5 Å². The maximum atomic E-state index is 12.3. The second-order valence-corrected chi connectivity index (χ2v) is 6.90. The lowest BCUT2D eigenvalue weighted by molar-refractivity contribution is 0.122. The lowest BCUT2D eigenvalue weighted by Gasteiger charge is -2.29. The van der Waals surface area contributed by atoms with Gasteiger partial charge in [0.05, 0.1) is 18.9 Å². The number of H-pyrrole nitrogens is 1. The van der Waals surface area contributed by atoms with E-state index < -0.39 is 0 Å². The standard InChI is InChI=1S/C22H20N2O3/c25-21-14-17(24-8-10-26-11-9-24)13-19(23-21)18-6-3-5-16-12-15-4-1-2-7-20(15)27-22(16)18/h1-7,13-14H,8-12H2,(H,23,25). The number of nitrogens with one attached hydrogen (secondary N) is 1. The van der Waals surface area contributed by atoms with E-state index in [1.807, 2.05) is 36.4 Å². The second-order valence-electron chi connectivity index (χ2n) is 6.90. The van der Waals surface area contributed by atoms with E-state index in [1.165, 1.54) is 5.56 Å². The normalized spacial score (nSPS) is 15.6. The zero-order chi connectivity index (χ0) is 18.2. The fourth-order valence-electron chi connectivity index (χ4n) is 3.80. The topological polar surface area (TPSA) is 54.6 Å². The van der Waals surface area contributed by atoms with Gasteiger partial charge in [-0.05, 0) is 29.3 Å². The van der Waals surface area contributed by atoms with E-state index in [0.717, 1.165) is 53.5 Å². The third-order valence-corrected chi connectivity index (χ3v) is 5.16. The number of ether oxygens (including phenoxy) is 2. The van der Waals surface area contributed by atoms with Crippen LogP contribution >= 0.6 is 0 Å². The minimum Gasteiger partial charge on any atom is -0.456 e. The van der Waals surface area contributed by atoms with Crippen molar-refractivity contribution in [3.63, 3.8) is 0 Å². The number of nitrogens with zero attached hydrogens (tertiary/aromatic N) is 1. The molecule has 0 atom stereocenters. The molecule has 1 fully saturated rings. The molecule has 1 N–H and O–H groups in total. The molecular weight excluding hydrogens is 340 g/mol. The van der Waals surface area contributed by atoms with Crippen LogP contribution in [0.25, 0.3) is 11.3 Å². The van der Waals surface area contributed by atoms with Crippen LogP contribution in [0.5, 0.6) is 11.5 Å². The van der Waals surface area contributed by atoms with Crippen LogP contribution in [0.15, 0.2) is 59.4 Å². The number of morpholine rings is 1. The van der Waals surface area contributed by atoms with Crippen molar-refractivity contribution in [2.24, 2.45) is 0 Å². The van der Waals surface area contributed by atoms with Gasteiger partial charge < -0.3 is 19.4 Å². The van der Waals surface area contributed by atoms with Gasteiger partial charge in [-0.2, -0.15) is 0 Å². The van der Waals surface area contributed by atoms with Gasteiger partial charge >= 0.3 is 0 Å². The Morgan fingerprint density at radius 2 is 1.74 bits per heavy atom. The second kappa shape index (κ2) is 6.59. The molecule has 5 rings (SSSR count). The summed E-state index contributed by atoms with van der Waals surface area (Å²) in [5.74, 6) is 1.70. The number of benzene rings is 2. The van der Waals surface area contributed by atoms with Gasteiger partial charge in [0.25, 0.3) is 0 Å². The van der Waals surface area contributed by atoms with Crippen molar-refractivity contribution in [2.45, 2.75) is 6.42 Å². The number of aromatic amines is 1. The molecule has 0 spiro atoms. The number of rotatable bonds is 2. The molecule has 1 saturated heterocycles. The van der Waals surface area contributed by atoms with Crippen molar-refractivity contribution < 1.29 is 9.47 Å². The van der Waals surface area contributed by atoms with E-state index in [4.69, 9.17) is 9.47 Å². The molecule has 27 heavy (non-hydrogen) atoms. The van der Waals surface area contributed by atoms with E-state index >= 15 is 0 Å². The minimum absolute atomic E-state index is 0.109. The zero-order valence-electron chi connectivity index (χ0n) is 14.9. The first-order valence-electron chi connectivity index (χ1n) is 9.23. The summed E-state index contributed by atoms with van der Waals surface area (Å²) in [5.41, 5.74) is 4.81. The third kappa shape index (κ3) is 3.00. The first-order chi connectivity index (χ1) is 13.3. The average molecular weight is 360 g/mol. The maximum Gasteiger partial charge on any atom is 0.250 e. The number of aromatic nitrogens is 1. The number of pyridine rings is 1. The summed E-state index contributed by atoms with van der Waals surface area (Å²) in [4.78, 5) is 17.5. The van der Waals surface area contributed by atoms with Gasteiger partial charge in [0.2, 0.25) is 5.56 Å². The summed E-state index contributed by atoms with van der Waals surface area (Å²) in [6, 6.07) is 17.9. The first kappa shape index (κ1) is 16.1. The van der Waals surface area contributed by atoms with Gasteiger partial charge in [0.15, 0.2) is 0 Å². The Morgan fingerprint density at radius 1 is 0.926 bits per heavy atom. The van der Waals surface area contributed by atoms with Crippen LogP contribution in [0.1, 0.15) is 11.1 Å². The maximum absolute atomic E-state index is 12.3. The Morgan fingerprint density at radius 3 is 2.63 bits per heavy atom. The van der Waals surface area contributed by atoms with Crippen LogP contribution in [-0.4, -0.2) is 31.3 Å². The van der Waals surface area contributed by atoms with E-state index in [0.29, 0.717) is 13.2 Å². The molecule has 2 aliphatic heterocycles. The van der Waals surface area contributed by atoms with Crippen LogP contribution in [0, 0.1) is 0 Å². The summed E-state index contributed by atoms with van der Waals surface area (Å²) in [6.07, 6.45) is 0.826. The lowest BCUT2D eigenvalue weighted by atomic mass is 9.96. The summed E-state index contributed by atoms with van der Waals surface area (Å²) >= 11 is 0. The molecule has 2 aromatic carbocycles. The fourth-order valence-corrected chi connectivity index (χ4v) is 3.80. The lowest BCUT2D eigenvalue weighted by Crippen LogP contribution is -2.36. The molecule has 3 heterocycles. The summed E-state index contributed by atoms with van der Waals surface area (Å²) < 4.78 is 11.7. The minimum atomic E-state index is -0.109. The molecule has 5 nitrogen and oxygen atoms in total. The van der Waals surface area contributed by atoms with E-state index in [-0.39, 0.29) is 5.56 Å². The predicted octanol–water partition coefficient (Wildman–Crippen LogP) is 3.58. The fraction of sp³-hybridized carbons (Fsp3) is 0.227. The number of fused-ring (bicyclic) bond motifs is 2. The highest BCUT2D eigenvalue weighted by molar-refractivity contribution is 5.74. The Bertz CT molecular complexity index is 1050. The van der Waals surface area contributed by atoms with Crippen LogP contribution < -0.4 is 15.2 Å². The molecule has 0 amide bonds. The number of para-hydroxylation sites is 2. The van der Waals surface area contributed by atoms with Crippen molar-refractivity contribution in [3.05, 3.63) is 76.1 Å².